The van der Waals surface area contributed by atoms with Gasteiger partial charge in [-0.1, -0.05) is 18.2 Å². The summed E-state index contributed by atoms with van der Waals surface area (Å²) in [6.07, 6.45) is 0.248. The standard InChI is InChI=1S/C22H26BN5O7S/c1-12-3-2-4-13-9-14(23(34)35-18(12)13)10-16(30)17(15-11-36-21(24)25-15)26-22(33)28-6-5-27(7-8-29)19(31)20(28)32/h2-4,11,14,17,29,34H,5-10H2,1H3,(H2,24,25)(H,26,33)/t14-,17?/m1/s1. The van der Waals surface area contributed by atoms with E-state index in [1.165, 1.54) is 5.38 Å². The van der Waals surface area contributed by atoms with E-state index < -0.39 is 42.6 Å². The van der Waals surface area contributed by atoms with E-state index in [4.69, 9.17) is 15.5 Å². The highest BCUT2D eigenvalue weighted by Gasteiger charge is 2.41. The van der Waals surface area contributed by atoms with Gasteiger partial charge in [0.05, 0.1) is 12.3 Å². The van der Waals surface area contributed by atoms with Gasteiger partial charge in [0.2, 0.25) is 0 Å². The van der Waals surface area contributed by atoms with Gasteiger partial charge in [-0.05, 0) is 24.5 Å². The number of benzene rings is 1. The molecule has 0 radical (unpaired) electrons. The highest BCUT2D eigenvalue weighted by molar-refractivity contribution is 7.13. The summed E-state index contributed by atoms with van der Waals surface area (Å²) >= 11 is 1.08. The van der Waals surface area contributed by atoms with Crippen LogP contribution in [0, 0.1) is 6.92 Å². The largest absolute Gasteiger partial charge is 0.536 e. The number of aromatic nitrogens is 1. The number of aliphatic hydroxyl groups is 1. The van der Waals surface area contributed by atoms with E-state index >= 15 is 0 Å². The van der Waals surface area contributed by atoms with Gasteiger partial charge in [-0.2, -0.15) is 0 Å². The van der Waals surface area contributed by atoms with Crippen molar-refractivity contribution in [1.82, 2.24) is 20.1 Å². The van der Waals surface area contributed by atoms with Crippen LogP contribution in [0.2, 0.25) is 5.82 Å². The van der Waals surface area contributed by atoms with Crippen molar-refractivity contribution in [2.75, 3.05) is 32.0 Å². The minimum atomic E-state index is -1.25. The third-order valence-corrected chi connectivity index (χ3v) is 6.92. The maximum absolute atomic E-state index is 13.4. The Kier molecular flexibility index (Phi) is 7.57. The number of para-hydroxylation sites is 1. The SMILES string of the molecule is Cc1cccc2c1OB(O)[C@@H](CC(=O)C(NC(=O)N1CCN(CCO)C(=O)C1=O)c1csc(N)n1)C2. The number of nitrogens with two attached hydrogens (primary N) is 1. The fourth-order valence-corrected chi connectivity index (χ4v) is 4.94. The number of imide groups is 1. The van der Waals surface area contributed by atoms with Crippen LogP contribution in [0.15, 0.2) is 23.6 Å². The van der Waals surface area contributed by atoms with Crippen LogP contribution in [-0.4, -0.2) is 81.9 Å². The average molecular weight is 515 g/mol. The number of carbonyl (C=O) groups is 4. The van der Waals surface area contributed by atoms with Gasteiger partial charge in [0.15, 0.2) is 10.9 Å². The highest BCUT2D eigenvalue weighted by atomic mass is 32.1. The molecule has 1 fully saturated rings. The normalized spacial score (nSPS) is 18.5. The maximum atomic E-state index is 13.4. The van der Waals surface area contributed by atoms with Crippen LogP contribution >= 0.6 is 11.3 Å². The summed E-state index contributed by atoms with van der Waals surface area (Å²) < 4.78 is 5.67. The molecule has 1 aromatic heterocycles. The Hall–Kier alpha value is -3.49. The Balaban J connectivity index is 1.50. The molecule has 0 aliphatic carbocycles. The molecular formula is C22H26BN5O7S. The van der Waals surface area contributed by atoms with Crippen LogP contribution in [0.5, 0.6) is 5.75 Å². The third-order valence-electron chi connectivity index (χ3n) is 6.23. The van der Waals surface area contributed by atoms with Crippen molar-refractivity contribution in [3.63, 3.8) is 0 Å². The van der Waals surface area contributed by atoms with Crippen LogP contribution in [0.1, 0.15) is 29.3 Å². The molecule has 4 rings (SSSR count). The lowest BCUT2D eigenvalue weighted by molar-refractivity contribution is -0.154. The molecule has 3 heterocycles. The number of nitrogens with one attached hydrogen (secondary N) is 1. The molecule has 1 aromatic carbocycles. The molecule has 0 bridgehead atoms. The van der Waals surface area contributed by atoms with E-state index in [1.54, 1.807) is 0 Å². The van der Waals surface area contributed by atoms with Gasteiger partial charge < -0.3 is 30.7 Å². The third kappa shape index (κ3) is 5.20. The van der Waals surface area contributed by atoms with Gasteiger partial charge in [0, 0.05) is 37.3 Å². The predicted octanol–water partition coefficient (Wildman–Crippen LogP) is -0.107. The number of thiazole rings is 1. The molecule has 0 spiro atoms. The van der Waals surface area contributed by atoms with Crippen molar-refractivity contribution < 1.29 is 34.0 Å². The smallest absolute Gasteiger partial charge is 0.526 e. The van der Waals surface area contributed by atoms with Gasteiger partial charge in [0.25, 0.3) is 0 Å². The highest BCUT2D eigenvalue weighted by Crippen LogP contribution is 2.37. The molecule has 2 atom stereocenters. The minimum absolute atomic E-state index is 0.0202. The van der Waals surface area contributed by atoms with E-state index in [9.17, 15) is 24.2 Å². The van der Waals surface area contributed by atoms with E-state index in [2.05, 4.69) is 10.3 Å². The summed E-state index contributed by atoms with van der Waals surface area (Å²) in [6, 6.07) is 3.42. The second-order valence-corrected chi connectivity index (χ2v) is 9.56. The Morgan fingerprint density at radius 3 is 2.81 bits per heavy atom. The first-order valence-electron chi connectivity index (χ1n) is 11.4. The molecule has 5 N–H and O–H groups in total. The lowest BCUT2D eigenvalue weighted by atomic mass is 9.64. The van der Waals surface area contributed by atoms with E-state index in [0.29, 0.717) is 12.2 Å². The molecule has 14 heteroatoms. The molecule has 4 amide bonds. The molecule has 12 nitrogen and oxygen atoms in total. The average Bonchev–Trinajstić information content (AvgIpc) is 3.27. The van der Waals surface area contributed by atoms with Gasteiger partial charge in [0.1, 0.15) is 11.8 Å². The summed E-state index contributed by atoms with van der Waals surface area (Å²) in [7, 11) is -1.22. The number of β-amino-alcohol motifs (C(OH)–C–C–N with tert-alkyl or cyclic N) is 1. The molecule has 1 unspecified atom stereocenters. The topological polar surface area (TPSA) is 175 Å². The first-order chi connectivity index (χ1) is 17.2. The van der Waals surface area contributed by atoms with Gasteiger partial charge in [-0.3, -0.25) is 19.3 Å². The van der Waals surface area contributed by atoms with Crippen molar-refractivity contribution in [3.8, 4) is 5.75 Å². The summed E-state index contributed by atoms with van der Waals surface area (Å²) in [4.78, 5) is 57.1. The Labute approximate surface area is 211 Å². The number of fused-ring (bicyclic) bond motifs is 1. The van der Waals surface area contributed by atoms with Crippen LogP contribution in [0.3, 0.4) is 0 Å². The lowest BCUT2D eigenvalue weighted by Gasteiger charge is -2.33. The number of rotatable bonds is 7. The number of ketones is 1. The maximum Gasteiger partial charge on any atom is 0.526 e. The van der Waals surface area contributed by atoms with Crippen LogP contribution in [0.25, 0.3) is 0 Å². The Morgan fingerprint density at radius 2 is 2.11 bits per heavy atom. The zero-order valence-corrected chi connectivity index (χ0v) is 20.4. The molecular weight excluding hydrogens is 489 g/mol. The molecule has 190 valence electrons. The summed E-state index contributed by atoms with van der Waals surface area (Å²) in [5.41, 5.74) is 7.66. The summed E-state index contributed by atoms with van der Waals surface area (Å²) in [5, 5.41) is 23.8. The lowest BCUT2D eigenvalue weighted by Crippen LogP contribution is -2.59. The van der Waals surface area contributed by atoms with E-state index in [-0.39, 0.29) is 43.5 Å². The number of aliphatic hydroxyl groups excluding tert-OH is 1. The molecule has 0 saturated carbocycles. The van der Waals surface area contributed by atoms with Crippen molar-refractivity contribution in [3.05, 3.63) is 40.4 Å². The second kappa shape index (κ2) is 10.6. The fourth-order valence-electron chi connectivity index (χ4n) is 4.35. The number of hydrogen-bond donors (Lipinski definition) is 4. The number of amides is 4. The van der Waals surface area contributed by atoms with Crippen LogP contribution in [-0.2, 0) is 20.8 Å². The molecule has 36 heavy (non-hydrogen) atoms. The number of Topliss-reactive ketones (excluding diaryl/α,β-unsaturated/α-hetero) is 1. The van der Waals surface area contributed by atoms with E-state index in [1.807, 2.05) is 25.1 Å². The number of urea groups is 1. The second-order valence-electron chi connectivity index (χ2n) is 8.67. The molecule has 2 aliphatic heterocycles. The zero-order chi connectivity index (χ0) is 26.0. The number of aryl methyl sites for hydroxylation is 1. The van der Waals surface area contributed by atoms with Crippen molar-refractivity contribution in [2.24, 2.45) is 0 Å². The molecule has 2 aliphatic rings. The van der Waals surface area contributed by atoms with Crippen molar-refractivity contribution in [2.45, 2.75) is 31.6 Å². The number of hydrogen-bond acceptors (Lipinski definition) is 10. The number of carbonyl (C=O) groups excluding carboxylic acids is 4. The Morgan fingerprint density at radius 1 is 1.33 bits per heavy atom. The zero-order valence-electron chi connectivity index (χ0n) is 19.5. The quantitative estimate of drug-likeness (QED) is 0.290. The van der Waals surface area contributed by atoms with Gasteiger partial charge in [-0.15, -0.1) is 11.3 Å². The predicted molar refractivity (Wildman–Crippen MR) is 130 cm³/mol. The first kappa shape index (κ1) is 25.6. The van der Waals surface area contributed by atoms with Gasteiger partial charge in [-0.25, -0.2) is 9.78 Å². The number of piperazine rings is 1. The van der Waals surface area contributed by atoms with Crippen LogP contribution < -0.4 is 15.7 Å². The van der Waals surface area contributed by atoms with Crippen molar-refractivity contribution in [1.29, 1.82) is 0 Å². The first-order valence-corrected chi connectivity index (χ1v) is 12.3. The summed E-state index contributed by atoms with van der Waals surface area (Å²) in [5.74, 6) is -2.42. The number of nitrogen functional groups attached to an aromatic ring is 1. The summed E-state index contributed by atoms with van der Waals surface area (Å²) in [6.45, 7) is 1.50. The molecule has 1 saturated heterocycles. The van der Waals surface area contributed by atoms with Crippen molar-refractivity contribution >= 4 is 47.2 Å². The van der Waals surface area contributed by atoms with Gasteiger partial charge >= 0.3 is 25.0 Å². The Bertz CT molecular complexity index is 1190. The number of anilines is 1. The van der Waals surface area contributed by atoms with E-state index in [0.717, 1.165) is 32.3 Å². The monoisotopic (exact) mass is 515 g/mol. The minimum Gasteiger partial charge on any atom is -0.536 e. The number of nitrogens with zero attached hydrogens (tertiary/aromatic N) is 3. The van der Waals surface area contributed by atoms with Crippen LogP contribution in [0.4, 0.5) is 9.93 Å². The fraction of sp³-hybridized carbons (Fsp3) is 0.409. The molecule has 2 aromatic rings.